The van der Waals surface area contributed by atoms with Crippen LogP contribution in [0.3, 0.4) is 0 Å². The number of thioether (sulfide) groups is 1. The molecule has 1 N–H and O–H groups in total. The maximum absolute atomic E-state index is 12.9. The molecule has 178 valence electrons. The van der Waals surface area contributed by atoms with Gasteiger partial charge >= 0.3 is 0 Å². The molecular weight excluding hydrogens is 468 g/mol. The Labute approximate surface area is 209 Å². The Hall–Kier alpha value is -2.64. The number of rotatable bonds is 10. The van der Waals surface area contributed by atoms with Crippen molar-refractivity contribution in [3.8, 4) is 11.4 Å². The van der Waals surface area contributed by atoms with Gasteiger partial charge in [0.1, 0.15) is 0 Å². The summed E-state index contributed by atoms with van der Waals surface area (Å²) in [7, 11) is 0. The number of aryl methyl sites for hydroxylation is 1. The van der Waals surface area contributed by atoms with Gasteiger partial charge in [-0.25, -0.2) is 0 Å². The molecule has 6 nitrogen and oxygen atoms in total. The Morgan fingerprint density at radius 1 is 1.09 bits per heavy atom. The van der Waals surface area contributed by atoms with Gasteiger partial charge in [0.05, 0.1) is 10.8 Å². The molecule has 2 aromatic carbocycles. The number of ketones is 1. The molecule has 0 saturated heterocycles. The van der Waals surface area contributed by atoms with Crippen LogP contribution in [0.5, 0.6) is 0 Å². The second-order valence-corrected chi connectivity index (χ2v) is 9.94. The number of hydrogen-bond acceptors (Lipinski definition) is 5. The maximum Gasteiger partial charge on any atom is 0.216 e. The summed E-state index contributed by atoms with van der Waals surface area (Å²) >= 11 is 7.90. The van der Waals surface area contributed by atoms with Crippen LogP contribution in [-0.4, -0.2) is 38.8 Å². The van der Waals surface area contributed by atoms with E-state index < -0.39 is 0 Å². The fraction of sp³-hybridized carbons (Fsp3) is 0.385. The highest BCUT2D eigenvalue weighted by atomic mass is 35.5. The van der Waals surface area contributed by atoms with Gasteiger partial charge in [0, 0.05) is 30.6 Å². The van der Waals surface area contributed by atoms with Crippen LogP contribution in [0, 0.1) is 0 Å². The third-order valence-electron chi connectivity index (χ3n) is 6.09. The zero-order valence-electron chi connectivity index (χ0n) is 19.3. The van der Waals surface area contributed by atoms with Crippen LogP contribution >= 0.6 is 23.4 Å². The predicted molar refractivity (Wildman–Crippen MR) is 136 cm³/mol. The lowest BCUT2D eigenvalue weighted by molar-refractivity contribution is -0.118. The number of benzene rings is 2. The molecule has 34 heavy (non-hydrogen) atoms. The molecule has 1 heterocycles. The number of hydrogen-bond donors (Lipinski definition) is 1. The molecule has 0 spiro atoms. The highest BCUT2D eigenvalue weighted by Crippen LogP contribution is 2.38. The van der Waals surface area contributed by atoms with Gasteiger partial charge in [0.25, 0.3) is 0 Å². The largest absolute Gasteiger partial charge is 0.356 e. The first-order valence-corrected chi connectivity index (χ1v) is 13.1. The average molecular weight is 497 g/mol. The van der Waals surface area contributed by atoms with Gasteiger partial charge in [-0.2, -0.15) is 0 Å². The summed E-state index contributed by atoms with van der Waals surface area (Å²) in [5.74, 6) is 1.13. The quantitative estimate of drug-likeness (QED) is 0.219. The summed E-state index contributed by atoms with van der Waals surface area (Å²) in [6, 6.07) is 15.8. The zero-order valence-corrected chi connectivity index (χ0v) is 20.9. The van der Waals surface area contributed by atoms with E-state index in [9.17, 15) is 9.59 Å². The van der Waals surface area contributed by atoms with E-state index in [2.05, 4.69) is 20.1 Å². The van der Waals surface area contributed by atoms with E-state index in [0.29, 0.717) is 28.9 Å². The van der Waals surface area contributed by atoms with E-state index in [0.717, 1.165) is 47.8 Å². The molecule has 0 atom stereocenters. The Morgan fingerprint density at radius 2 is 1.82 bits per heavy atom. The molecule has 0 unspecified atom stereocenters. The minimum Gasteiger partial charge on any atom is -0.356 e. The summed E-state index contributed by atoms with van der Waals surface area (Å²) in [5.41, 5.74) is 2.71. The Kier molecular flexibility index (Phi) is 8.40. The molecule has 4 rings (SSSR count). The van der Waals surface area contributed by atoms with Crippen molar-refractivity contribution in [3.63, 3.8) is 0 Å². The Morgan fingerprint density at radius 3 is 2.53 bits per heavy atom. The van der Waals surface area contributed by atoms with E-state index in [1.54, 1.807) is 0 Å². The van der Waals surface area contributed by atoms with E-state index in [1.807, 2.05) is 48.5 Å². The second kappa shape index (κ2) is 11.7. The number of carbonyl (C=O) groups is 2. The molecule has 0 bridgehead atoms. The van der Waals surface area contributed by atoms with E-state index in [1.165, 1.54) is 31.5 Å². The van der Waals surface area contributed by atoms with E-state index in [4.69, 9.17) is 11.6 Å². The van der Waals surface area contributed by atoms with Crippen molar-refractivity contribution in [2.24, 2.45) is 0 Å². The highest BCUT2D eigenvalue weighted by Gasteiger charge is 2.26. The minimum atomic E-state index is -0.0128. The second-order valence-electron chi connectivity index (χ2n) is 8.59. The van der Waals surface area contributed by atoms with Crippen LogP contribution in [-0.2, 0) is 11.2 Å². The van der Waals surface area contributed by atoms with Crippen molar-refractivity contribution in [1.29, 1.82) is 0 Å². The van der Waals surface area contributed by atoms with Gasteiger partial charge in [0.15, 0.2) is 16.8 Å². The van der Waals surface area contributed by atoms with Gasteiger partial charge in [0.2, 0.25) is 5.91 Å². The minimum absolute atomic E-state index is 0.0128. The van der Waals surface area contributed by atoms with Crippen LogP contribution in [0.4, 0.5) is 0 Å². The van der Waals surface area contributed by atoms with Gasteiger partial charge in [-0.05, 0) is 43.4 Å². The first kappa shape index (κ1) is 24.5. The fourth-order valence-electron chi connectivity index (χ4n) is 4.32. The smallest absolute Gasteiger partial charge is 0.216 e. The molecule has 1 fully saturated rings. The molecule has 1 aliphatic rings. The van der Waals surface area contributed by atoms with Crippen LogP contribution in [0.2, 0.25) is 5.02 Å². The van der Waals surface area contributed by atoms with Crippen molar-refractivity contribution >= 4 is 35.1 Å². The summed E-state index contributed by atoms with van der Waals surface area (Å²) in [4.78, 5) is 23.8. The van der Waals surface area contributed by atoms with Gasteiger partial charge in [-0.3, -0.25) is 14.2 Å². The summed E-state index contributed by atoms with van der Waals surface area (Å²) in [5, 5.41) is 13.1. The van der Waals surface area contributed by atoms with Gasteiger partial charge < -0.3 is 5.32 Å². The monoisotopic (exact) mass is 496 g/mol. The van der Waals surface area contributed by atoms with Crippen molar-refractivity contribution in [2.45, 2.75) is 56.6 Å². The zero-order chi connectivity index (χ0) is 23.9. The summed E-state index contributed by atoms with van der Waals surface area (Å²) < 4.78 is 2.18. The summed E-state index contributed by atoms with van der Waals surface area (Å²) in [6.07, 6.45) is 6.27. The first-order chi connectivity index (χ1) is 16.5. The van der Waals surface area contributed by atoms with Crippen molar-refractivity contribution in [1.82, 2.24) is 20.1 Å². The normalized spacial score (nSPS) is 13.8. The number of carbonyl (C=O) groups excluding carboxylic acids is 2. The van der Waals surface area contributed by atoms with Crippen LogP contribution in [0.15, 0.2) is 53.7 Å². The number of nitrogens with one attached hydrogen (secondary N) is 1. The molecule has 0 radical (unpaired) electrons. The van der Waals surface area contributed by atoms with Crippen molar-refractivity contribution < 1.29 is 9.59 Å². The molecule has 1 aromatic heterocycles. The number of amides is 1. The predicted octanol–water partition coefficient (Wildman–Crippen LogP) is 5.76. The Balaban J connectivity index is 1.42. The van der Waals surface area contributed by atoms with Crippen molar-refractivity contribution in [3.05, 3.63) is 64.7 Å². The maximum atomic E-state index is 12.9. The molecular formula is C26H29ClN4O2S. The average Bonchev–Trinajstić information content (AvgIpc) is 3.50. The summed E-state index contributed by atoms with van der Waals surface area (Å²) in [6.45, 7) is 2.18. The van der Waals surface area contributed by atoms with Crippen LogP contribution < -0.4 is 5.32 Å². The lowest BCUT2D eigenvalue weighted by atomic mass is 10.1. The lowest BCUT2D eigenvalue weighted by Crippen LogP contribution is -2.21. The number of nitrogens with zero attached hydrogens (tertiary/aromatic N) is 3. The topological polar surface area (TPSA) is 76.9 Å². The molecule has 8 heteroatoms. The SMILES string of the molecule is CC(=O)NCCCc1ccc(C(=O)CSc2nnc(-c3ccccc3Cl)n2C2CCCC2)cc1. The third-order valence-corrected chi connectivity index (χ3v) is 7.37. The molecule has 3 aromatic rings. The number of halogens is 1. The lowest BCUT2D eigenvalue weighted by Gasteiger charge is -2.17. The first-order valence-electron chi connectivity index (χ1n) is 11.7. The number of aromatic nitrogens is 3. The molecule has 0 aliphatic heterocycles. The molecule has 1 amide bonds. The number of Topliss-reactive ketones (excluding diaryl/α,β-unsaturated/α-hetero) is 1. The van der Waals surface area contributed by atoms with Crippen molar-refractivity contribution in [2.75, 3.05) is 12.3 Å². The van der Waals surface area contributed by atoms with E-state index >= 15 is 0 Å². The molecule has 1 aliphatic carbocycles. The standard InChI is InChI=1S/C26H29ClN4O2S/c1-18(32)28-16-6-7-19-12-14-20(15-13-19)24(33)17-34-26-30-29-25(22-10-4-5-11-23(22)27)31(26)21-8-2-3-9-21/h4-5,10-15,21H,2-3,6-9,16-17H2,1H3,(H,28,32). The highest BCUT2D eigenvalue weighted by molar-refractivity contribution is 7.99. The Bertz CT molecular complexity index is 1140. The van der Waals surface area contributed by atoms with Crippen LogP contribution in [0.1, 0.15) is 61.0 Å². The fourth-order valence-corrected chi connectivity index (χ4v) is 5.44. The van der Waals surface area contributed by atoms with E-state index in [-0.39, 0.29) is 11.7 Å². The third kappa shape index (κ3) is 6.07. The van der Waals surface area contributed by atoms with Gasteiger partial charge in [-0.15, -0.1) is 10.2 Å². The van der Waals surface area contributed by atoms with Crippen LogP contribution in [0.25, 0.3) is 11.4 Å². The van der Waals surface area contributed by atoms with Gasteiger partial charge in [-0.1, -0.05) is 72.6 Å². The molecule has 1 saturated carbocycles.